The summed E-state index contributed by atoms with van der Waals surface area (Å²) in [6.07, 6.45) is 1.94. The van der Waals surface area contributed by atoms with E-state index in [9.17, 15) is 14.4 Å². The largest absolute Gasteiger partial charge is 0.423 e. The molecule has 4 rings (SSSR count). The summed E-state index contributed by atoms with van der Waals surface area (Å²) in [5.41, 5.74) is 2.30. The number of amides is 1. The van der Waals surface area contributed by atoms with Gasteiger partial charge < -0.3 is 4.74 Å². The van der Waals surface area contributed by atoms with Crippen molar-refractivity contribution in [1.29, 1.82) is 0 Å². The smallest absolute Gasteiger partial charge is 0.344 e. The quantitative estimate of drug-likeness (QED) is 0.406. The van der Waals surface area contributed by atoms with Crippen LogP contribution in [0.25, 0.3) is 5.57 Å². The Morgan fingerprint density at radius 3 is 2.48 bits per heavy atom. The summed E-state index contributed by atoms with van der Waals surface area (Å²) in [4.78, 5) is 39.1. The maximum atomic E-state index is 12.5. The van der Waals surface area contributed by atoms with Gasteiger partial charge in [-0.15, -0.1) is 0 Å². The monoisotopic (exact) mass is 425 g/mol. The molecule has 0 saturated carbocycles. The van der Waals surface area contributed by atoms with Crippen molar-refractivity contribution in [3.8, 4) is 5.75 Å². The number of esters is 1. The van der Waals surface area contributed by atoms with Crippen molar-refractivity contribution in [2.45, 2.75) is 26.3 Å². The van der Waals surface area contributed by atoms with Crippen LogP contribution in [-0.2, 0) is 4.79 Å². The Morgan fingerprint density at radius 2 is 1.78 bits per heavy atom. The number of halogens is 1. The van der Waals surface area contributed by atoms with Gasteiger partial charge in [-0.3, -0.25) is 14.5 Å². The number of allylic oxidation sites excluding steroid dienone is 1. The van der Waals surface area contributed by atoms with Gasteiger partial charge in [0.2, 0.25) is 0 Å². The van der Waals surface area contributed by atoms with E-state index in [1.807, 2.05) is 26.8 Å². The lowest BCUT2D eigenvalue weighted by Crippen LogP contribution is -2.47. The highest BCUT2D eigenvalue weighted by molar-refractivity contribution is 9.10. The molecule has 0 bridgehead atoms. The molecule has 0 atom stereocenters. The van der Waals surface area contributed by atoms with Gasteiger partial charge in [-0.25, -0.2) is 4.79 Å². The number of carbonyl (C=O) groups is 3. The molecule has 1 amide bonds. The first-order valence-electron chi connectivity index (χ1n) is 8.44. The van der Waals surface area contributed by atoms with E-state index >= 15 is 0 Å². The first-order chi connectivity index (χ1) is 12.7. The van der Waals surface area contributed by atoms with Crippen LogP contribution in [0, 0.1) is 0 Å². The van der Waals surface area contributed by atoms with Gasteiger partial charge in [-0.1, -0.05) is 18.2 Å². The minimum atomic E-state index is -0.595. The van der Waals surface area contributed by atoms with E-state index in [0.717, 1.165) is 11.1 Å². The SMILES string of the molecule is CC1=CC(C)(C)N2C(=O)C(=O)c3cc(OC(=O)c4ccccc4Br)cc1c32. The van der Waals surface area contributed by atoms with Gasteiger partial charge in [-0.05, 0) is 66.5 Å². The highest BCUT2D eigenvalue weighted by Crippen LogP contribution is 2.46. The molecule has 0 N–H and O–H groups in total. The molecule has 0 aliphatic carbocycles. The van der Waals surface area contributed by atoms with Gasteiger partial charge >= 0.3 is 5.97 Å². The van der Waals surface area contributed by atoms with E-state index in [4.69, 9.17) is 4.74 Å². The molecule has 0 spiro atoms. The summed E-state index contributed by atoms with van der Waals surface area (Å²) >= 11 is 3.33. The maximum Gasteiger partial charge on any atom is 0.344 e. The molecule has 136 valence electrons. The third-order valence-corrected chi connectivity index (χ3v) is 5.52. The van der Waals surface area contributed by atoms with Crippen LogP contribution in [0.1, 0.15) is 47.1 Å². The summed E-state index contributed by atoms with van der Waals surface area (Å²) in [5.74, 6) is -1.45. The number of rotatable bonds is 2. The lowest BCUT2D eigenvalue weighted by atomic mass is 9.89. The molecule has 0 saturated heterocycles. The lowest BCUT2D eigenvalue weighted by Gasteiger charge is -2.38. The minimum absolute atomic E-state index is 0.236. The highest BCUT2D eigenvalue weighted by Gasteiger charge is 2.47. The van der Waals surface area contributed by atoms with Crippen LogP contribution in [0.2, 0.25) is 0 Å². The van der Waals surface area contributed by atoms with E-state index in [2.05, 4.69) is 15.9 Å². The molecule has 5 nitrogen and oxygen atoms in total. The van der Waals surface area contributed by atoms with Gasteiger partial charge in [-0.2, -0.15) is 0 Å². The molecular formula is C21H16BrNO4. The molecule has 2 aromatic rings. The summed E-state index contributed by atoms with van der Waals surface area (Å²) in [5, 5.41) is 0. The fourth-order valence-corrected chi connectivity index (χ4v) is 4.16. The first kappa shape index (κ1) is 17.7. The second-order valence-corrected chi connectivity index (χ2v) is 8.04. The average Bonchev–Trinajstić information content (AvgIpc) is 2.85. The zero-order chi connectivity index (χ0) is 19.5. The normalized spacial score (nSPS) is 16.9. The van der Waals surface area contributed by atoms with Crippen molar-refractivity contribution in [3.63, 3.8) is 0 Å². The third kappa shape index (κ3) is 2.63. The van der Waals surface area contributed by atoms with Crippen molar-refractivity contribution in [2.75, 3.05) is 4.90 Å². The third-order valence-electron chi connectivity index (χ3n) is 4.82. The highest BCUT2D eigenvalue weighted by atomic mass is 79.9. The molecule has 2 aliphatic rings. The van der Waals surface area contributed by atoms with Crippen LogP contribution in [0.4, 0.5) is 5.69 Å². The lowest BCUT2D eigenvalue weighted by molar-refractivity contribution is -0.115. The molecule has 0 fully saturated rings. The first-order valence-corrected chi connectivity index (χ1v) is 9.23. The van der Waals surface area contributed by atoms with Crippen molar-refractivity contribution in [1.82, 2.24) is 0 Å². The molecule has 27 heavy (non-hydrogen) atoms. The number of hydrogen-bond acceptors (Lipinski definition) is 4. The number of anilines is 1. The summed E-state index contributed by atoms with van der Waals surface area (Å²) in [7, 11) is 0. The Kier molecular flexibility index (Phi) is 3.85. The fourth-order valence-electron chi connectivity index (χ4n) is 3.71. The second kappa shape index (κ2) is 5.89. The summed E-state index contributed by atoms with van der Waals surface area (Å²) in [6.45, 7) is 5.70. The van der Waals surface area contributed by atoms with Crippen LogP contribution in [0.3, 0.4) is 0 Å². The van der Waals surface area contributed by atoms with E-state index in [1.165, 1.54) is 11.0 Å². The van der Waals surface area contributed by atoms with E-state index in [0.29, 0.717) is 15.7 Å². The van der Waals surface area contributed by atoms with Gasteiger partial charge in [0, 0.05) is 10.0 Å². The van der Waals surface area contributed by atoms with Crippen LogP contribution in [0.5, 0.6) is 5.75 Å². The zero-order valence-electron chi connectivity index (χ0n) is 15.0. The molecule has 2 aromatic carbocycles. The van der Waals surface area contributed by atoms with Crippen molar-refractivity contribution >= 4 is 44.9 Å². The number of Topliss-reactive ketones (excluding diaryl/α,β-unsaturated/α-hetero) is 1. The Balaban J connectivity index is 1.81. The Labute approximate surface area is 164 Å². The van der Waals surface area contributed by atoms with Crippen molar-refractivity contribution in [3.05, 3.63) is 63.6 Å². The Hall–Kier alpha value is -2.73. The number of ketones is 1. The maximum absolute atomic E-state index is 12.5. The molecule has 0 radical (unpaired) electrons. The van der Waals surface area contributed by atoms with Crippen LogP contribution in [-0.4, -0.2) is 23.2 Å². The molecule has 0 unspecified atom stereocenters. The minimum Gasteiger partial charge on any atom is -0.423 e. The summed E-state index contributed by atoms with van der Waals surface area (Å²) < 4.78 is 6.13. The molecule has 2 aliphatic heterocycles. The fraction of sp³-hybridized carbons (Fsp3) is 0.190. The number of carbonyl (C=O) groups excluding carboxylic acids is 3. The average molecular weight is 426 g/mol. The van der Waals surface area contributed by atoms with E-state index in [1.54, 1.807) is 30.3 Å². The standard InChI is InChI=1S/C21H16BrNO4/c1-11-10-21(2,3)23-17-14(11)8-12(9-15(17)18(24)19(23)25)27-20(26)13-6-4-5-7-16(13)22/h4-10H,1-3H3. The van der Waals surface area contributed by atoms with Gasteiger partial charge in [0.25, 0.3) is 11.7 Å². The Morgan fingerprint density at radius 1 is 1.11 bits per heavy atom. The zero-order valence-corrected chi connectivity index (χ0v) is 16.6. The summed E-state index contributed by atoms with van der Waals surface area (Å²) in [6, 6.07) is 10.1. The Bertz CT molecular complexity index is 1070. The molecule has 2 heterocycles. The van der Waals surface area contributed by atoms with Crippen molar-refractivity contribution < 1.29 is 19.1 Å². The van der Waals surface area contributed by atoms with Gasteiger partial charge in [0.05, 0.1) is 22.4 Å². The van der Waals surface area contributed by atoms with Crippen molar-refractivity contribution in [2.24, 2.45) is 0 Å². The van der Waals surface area contributed by atoms with Gasteiger partial charge in [0.15, 0.2) is 0 Å². The molecule has 0 aromatic heterocycles. The molecule has 6 heteroatoms. The number of nitrogens with zero attached hydrogens (tertiary/aromatic N) is 1. The molecular weight excluding hydrogens is 410 g/mol. The topological polar surface area (TPSA) is 63.7 Å². The number of benzene rings is 2. The van der Waals surface area contributed by atoms with Gasteiger partial charge in [0.1, 0.15) is 5.75 Å². The van der Waals surface area contributed by atoms with E-state index in [-0.39, 0.29) is 11.3 Å². The van der Waals surface area contributed by atoms with Crippen LogP contribution < -0.4 is 9.64 Å². The van der Waals surface area contributed by atoms with Crippen LogP contribution in [0.15, 0.2) is 46.9 Å². The van der Waals surface area contributed by atoms with E-state index < -0.39 is 23.2 Å². The predicted molar refractivity (Wildman–Crippen MR) is 105 cm³/mol. The predicted octanol–water partition coefficient (Wildman–Crippen LogP) is 4.39. The number of hydrogen-bond donors (Lipinski definition) is 0. The number of ether oxygens (including phenoxy) is 1. The van der Waals surface area contributed by atoms with Crippen LogP contribution >= 0.6 is 15.9 Å². The second-order valence-electron chi connectivity index (χ2n) is 7.19.